The Kier molecular flexibility index (Phi) is 5.79. The Hall–Kier alpha value is -3.67. The molecule has 3 rings (SSSR count). The maximum Gasteiger partial charge on any atom is 0.323 e. The van der Waals surface area contributed by atoms with Crippen molar-refractivity contribution in [3.8, 4) is 11.1 Å². The van der Waals surface area contributed by atoms with Crippen molar-refractivity contribution >= 4 is 23.4 Å². The minimum atomic E-state index is -0.882. The number of para-hydroxylation sites is 1. The number of carboxylic acids is 1. The van der Waals surface area contributed by atoms with Gasteiger partial charge in [0.15, 0.2) is 0 Å². The lowest BCUT2D eigenvalue weighted by Crippen LogP contribution is -2.21. The van der Waals surface area contributed by atoms with E-state index in [1.807, 2.05) is 48.5 Å². The third-order valence-corrected chi connectivity index (χ3v) is 4.02. The number of amides is 2. The first-order valence-electron chi connectivity index (χ1n) is 8.50. The fourth-order valence-corrected chi connectivity index (χ4v) is 2.77. The van der Waals surface area contributed by atoms with Gasteiger partial charge < -0.3 is 15.7 Å². The van der Waals surface area contributed by atoms with Gasteiger partial charge in [-0.2, -0.15) is 0 Å². The molecule has 1 aromatic heterocycles. The second-order valence-electron chi connectivity index (χ2n) is 5.91. The summed E-state index contributed by atoms with van der Waals surface area (Å²) in [6.07, 6.45) is 3.48. The van der Waals surface area contributed by atoms with E-state index in [1.54, 1.807) is 24.5 Å². The van der Waals surface area contributed by atoms with E-state index in [2.05, 4.69) is 15.6 Å². The molecule has 0 unspecified atom stereocenters. The van der Waals surface area contributed by atoms with Gasteiger partial charge in [0, 0.05) is 30.1 Å². The zero-order valence-electron chi connectivity index (χ0n) is 14.6. The van der Waals surface area contributed by atoms with E-state index in [9.17, 15) is 9.59 Å². The summed E-state index contributed by atoms with van der Waals surface area (Å²) in [4.78, 5) is 27.4. The molecular formula is C21H19N3O3. The highest BCUT2D eigenvalue weighted by Crippen LogP contribution is 2.32. The molecule has 0 aliphatic heterocycles. The van der Waals surface area contributed by atoms with Crippen molar-refractivity contribution in [1.29, 1.82) is 0 Å². The van der Waals surface area contributed by atoms with Crippen molar-refractivity contribution in [2.75, 3.05) is 10.6 Å². The lowest BCUT2D eigenvalue weighted by Gasteiger charge is -2.16. The molecule has 0 aliphatic rings. The number of urea groups is 1. The normalized spacial score (nSPS) is 10.2. The van der Waals surface area contributed by atoms with Crippen LogP contribution in [-0.4, -0.2) is 22.1 Å². The summed E-state index contributed by atoms with van der Waals surface area (Å²) < 4.78 is 0. The van der Waals surface area contributed by atoms with Gasteiger partial charge in [-0.1, -0.05) is 48.5 Å². The second-order valence-corrected chi connectivity index (χ2v) is 5.91. The van der Waals surface area contributed by atoms with Crippen LogP contribution in [-0.2, 0) is 11.2 Å². The van der Waals surface area contributed by atoms with Crippen LogP contribution in [0.15, 0.2) is 73.1 Å². The van der Waals surface area contributed by atoms with Gasteiger partial charge in [0.05, 0.1) is 5.69 Å². The van der Waals surface area contributed by atoms with E-state index >= 15 is 0 Å². The molecule has 0 aliphatic carbocycles. The molecule has 0 saturated heterocycles. The topological polar surface area (TPSA) is 91.3 Å². The molecule has 27 heavy (non-hydrogen) atoms. The van der Waals surface area contributed by atoms with Crippen LogP contribution in [0.4, 0.5) is 16.2 Å². The van der Waals surface area contributed by atoms with Crippen LogP contribution in [0.5, 0.6) is 0 Å². The fraction of sp³-hybridized carbons (Fsp3) is 0.0952. The number of aliphatic carboxylic acids is 1. The van der Waals surface area contributed by atoms with Gasteiger partial charge in [0.1, 0.15) is 0 Å². The van der Waals surface area contributed by atoms with E-state index in [-0.39, 0.29) is 6.42 Å². The van der Waals surface area contributed by atoms with Crippen molar-refractivity contribution in [2.45, 2.75) is 12.8 Å². The number of hydrogen-bond donors (Lipinski definition) is 3. The highest BCUT2D eigenvalue weighted by atomic mass is 16.4. The first-order valence-corrected chi connectivity index (χ1v) is 8.50. The van der Waals surface area contributed by atoms with Gasteiger partial charge in [0.2, 0.25) is 0 Å². The average Bonchev–Trinajstić information content (AvgIpc) is 2.68. The van der Waals surface area contributed by atoms with Gasteiger partial charge >= 0.3 is 12.0 Å². The van der Waals surface area contributed by atoms with Crippen molar-refractivity contribution < 1.29 is 14.7 Å². The number of rotatable bonds is 6. The summed E-state index contributed by atoms with van der Waals surface area (Å²) >= 11 is 0. The maximum absolute atomic E-state index is 12.5. The largest absolute Gasteiger partial charge is 0.481 e. The van der Waals surface area contributed by atoms with Gasteiger partial charge in [-0.05, 0) is 29.7 Å². The Morgan fingerprint density at radius 3 is 2.33 bits per heavy atom. The number of aromatic nitrogens is 1. The van der Waals surface area contributed by atoms with Gasteiger partial charge in [0.25, 0.3) is 0 Å². The third-order valence-electron chi connectivity index (χ3n) is 4.02. The van der Waals surface area contributed by atoms with Crippen molar-refractivity contribution in [3.63, 3.8) is 0 Å². The molecule has 2 aromatic carbocycles. The molecule has 1 heterocycles. The fourth-order valence-electron chi connectivity index (χ4n) is 2.77. The third kappa shape index (κ3) is 4.92. The lowest BCUT2D eigenvalue weighted by atomic mass is 9.97. The second kappa shape index (κ2) is 8.62. The zero-order valence-corrected chi connectivity index (χ0v) is 14.6. The Morgan fingerprint density at radius 1 is 0.889 bits per heavy atom. The van der Waals surface area contributed by atoms with Crippen LogP contribution < -0.4 is 10.6 Å². The molecule has 136 valence electrons. The molecule has 0 bridgehead atoms. The molecule has 0 saturated carbocycles. The van der Waals surface area contributed by atoms with Crippen LogP contribution in [0, 0.1) is 0 Å². The predicted molar refractivity (Wildman–Crippen MR) is 105 cm³/mol. The Bertz CT molecular complexity index is 928. The quantitative estimate of drug-likeness (QED) is 0.606. The molecule has 2 amide bonds. The number of anilines is 2. The molecule has 0 fully saturated rings. The summed E-state index contributed by atoms with van der Waals surface area (Å²) in [7, 11) is 0. The average molecular weight is 361 g/mol. The number of aryl methyl sites for hydroxylation is 1. The minimum absolute atomic E-state index is 0.0150. The number of hydrogen-bond acceptors (Lipinski definition) is 3. The first kappa shape index (κ1) is 18.1. The van der Waals surface area contributed by atoms with E-state index in [0.717, 1.165) is 16.7 Å². The van der Waals surface area contributed by atoms with E-state index in [4.69, 9.17) is 5.11 Å². The highest BCUT2D eigenvalue weighted by Gasteiger charge is 2.14. The number of carboxylic acid groups (broad SMARTS) is 1. The number of benzene rings is 2. The smallest absolute Gasteiger partial charge is 0.323 e. The first-order chi connectivity index (χ1) is 13.1. The number of nitrogens with one attached hydrogen (secondary N) is 2. The number of carbonyl (C=O) groups is 2. The predicted octanol–water partition coefficient (Wildman–Crippen LogP) is 4.41. The molecule has 0 radical (unpaired) electrons. The van der Waals surface area contributed by atoms with Crippen LogP contribution in [0.1, 0.15) is 12.0 Å². The molecular weight excluding hydrogens is 342 g/mol. The SMILES string of the molecule is O=C(O)CCc1cccc(-c2ccccc2)c1NC(=O)Nc1ccncc1. The Balaban J connectivity index is 1.92. The highest BCUT2D eigenvalue weighted by molar-refractivity contribution is 6.03. The minimum Gasteiger partial charge on any atom is -0.481 e. The molecule has 3 aromatic rings. The lowest BCUT2D eigenvalue weighted by molar-refractivity contribution is -0.136. The zero-order chi connectivity index (χ0) is 19.1. The summed E-state index contributed by atoms with van der Waals surface area (Å²) in [6, 6.07) is 18.2. The van der Waals surface area contributed by atoms with Gasteiger partial charge in [-0.15, -0.1) is 0 Å². The van der Waals surface area contributed by atoms with Crippen molar-refractivity contribution in [1.82, 2.24) is 4.98 Å². The molecule has 0 atom stereocenters. The number of pyridine rings is 1. The molecule has 0 spiro atoms. The van der Waals surface area contributed by atoms with E-state index in [0.29, 0.717) is 17.8 Å². The van der Waals surface area contributed by atoms with Crippen LogP contribution in [0.3, 0.4) is 0 Å². The standard InChI is InChI=1S/C21H19N3O3/c25-19(26)10-9-16-7-4-8-18(15-5-2-1-3-6-15)20(16)24-21(27)23-17-11-13-22-14-12-17/h1-8,11-14H,9-10H2,(H,25,26)(H2,22,23,24,27). The van der Waals surface area contributed by atoms with Crippen molar-refractivity contribution in [2.24, 2.45) is 0 Å². The van der Waals surface area contributed by atoms with E-state index < -0.39 is 12.0 Å². The van der Waals surface area contributed by atoms with E-state index in [1.165, 1.54) is 0 Å². The number of carbonyl (C=O) groups excluding carboxylic acids is 1. The Labute approximate surface area is 156 Å². The summed E-state index contributed by atoms with van der Waals surface area (Å²) in [6.45, 7) is 0. The summed E-state index contributed by atoms with van der Waals surface area (Å²) in [5.41, 5.74) is 3.77. The van der Waals surface area contributed by atoms with Crippen LogP contribution in [0.25, 0.3) is 11.1 Å². The van der Waals surface area contributed by atoms with Crippen LogP contribution >= 0.6 is 0 Å². The molecule has 3 N–H and O–H groups in total. The molecule has 6 heteroatoms. The Morgan fingerprint density at radius 2 is 1.63 bits per heavy atom. The van der Waals surface area contributed by atoms with Crippen molar-refractivity contribution in [3.05, 3.63) is 78.6 Å². The summed E-state index contributed by atoms with van der Waals surface area (Å²) in [5.74, 6) is -0.882. The van der Waals surface area contributed by atoms with Gasteiger partial charge in [-0.25, -0.2) is 4.79 Å². The summed E-state index contributed by atoms with van der Waals surface area (Å²) in [5, 5.41) is 14.7. The molecule has 6 nitrogen and oxygen atoms in total. The van der Waals surface area contributed by atoms with Crippen LogP contribution in [0.2, 0.25) is 0 Å². The number of nitrogens with zero attached hydrogens (tertiary/aromatic N) is 1. The monoisotopic (exact) mass is 361 g/mol. The maximum atomic E-state index is 12.5. The van der Waals surface area contributed by atoms with Gasteiger partial charge in [-0.3, -0.25) is 9.78 Å².